The molecule has 0 bridgehead atoms. The first-order chi connectivity index (χ1) is 8.58. The van der Waals surface area contributed by atoms with E-state index < -0.39 is 6.04 Å². The van der Waals surface area contributed by atoms with Crippen LogP contribution in [-0.2, 0) is 20.9 Å². The summed E-state index contributed by atoms with van der Waals surface area (Å²) in [6.07, 6.45) is 0.0469. The number of likely N-dealkylation sites (tertiary alicyclic amines) is 1. The molecule has 0 spiro atoms. The molecule has 1 aliphatic heterocycles. The molecule has 1 fully saturated rings. The molecule has 0 radical (unpaired) electrons. The third-order valence-corrected chi connectivity index (χ3v) is 2.80. The molecule has 5 heteroatoms. The van der Waals surface area contributed by atoms with Crippen molar-refractivity contribution in [1.82, 2.24) is 10.2 Å². The van der Waals surface area contributed by atoms with Crippen LogP contribution < -0.4 is 5.32 Å². The average molecular weight is 246 g/mol. The van der Waals surface area contributed by atoms with Crippen molar-refractivity contribution in [2.45, 2.75) is 25.9 Å². The van der Waals surface area contributed by atoms with Gasteiger partial charge in [0, 0.05) is 6.92 Å². The van der Waals surface area contributed by atoms with Crippen LogP contribution in [0.25, 0.3) is 0 Å². The topological polar surface area (TPSA) is 66.5 Å². The van der Waals surface area contributed by atoms with Crippen LogP contribution >= 0.6 is 0 Å². The summed E-state index contributed by atoms with van der Waals surface area (Å²) in [4.78, 5) is 35.8. The molecular weight excluding hydrogens is 232 g/mol. The number of benzene rings is 1. The molecule has 18 heavy (non-hydrogen) atoms. The van der Waals surface area contributed by atoms with Crippen molar-refractivity contribution in [1.29, 1.82) is 0 Å². The van der Waals surface area contributed by atoms with Gasteiger partial charge in [-0.3, -0.25) is 19.3 Å². The summed E-state index contributed by atoms with van der Waals surface area (Å²) < 4.78 is 0. The van der Waals surface area contributed by atoms with E-state index in [0.717, 1.165) is 5.56 Å². The Morgan fingerprint density at radius 2 is 2.00 bits per heavy atom. The molecule has 94 valence electrons. The lowest BCUT2D eigenvalue weighted by Crippen LogP contribution is -2.40. The minimum atomic E-state index is -0.710. The van der Waals surface area contributed by atoms with Gasteiger partial charge in [-0.2, -0.15) is 0 Å². The Kier molecular flexibility index (Phi) is 3.41. The predicted octanol–water partition coefficient (Wildman–Crippen LogP) is 0.450. The first-order valence-corrected chi connectivity index (χ1v) is 5.73. The van der Waals surface area contributed by atoms with Crippen LogP contribution in [0.1, 0.15) is 18.9 Å². The van der Waals surface area contributed by atoms with Gasteiger partial charge in [0.2, 0.25) is 11.8 Å². The van der Waals surface area contributed by atoms with Crippen LogP contribution in [0.2, 0.25) is 0 Å². The van der Waals surface area contributed by atoms with Crippen molar-refractivity contribution in [3.63, 3.8) is 0 Å². The SMILES string of the molecule is CC(=O)NC1CC(=O)N(Cc2ccccc2)C1=O. The van der Waals surface area contributed by atoms with Gasteiger partial charge in [-0.15, -0.1) is 0 Å². The maximum Gasteiger partial charge on any atom is 0.252 e. The van der Waals surface area contributed by atoms with Crippen molar-refractivity contribution < 1.29 is 14.4 Å². The van der Waals surface area contributed by atoms with E-state index in [4.69, 9.17) is 0 Å². The average Bonchev–Trinajstić information content (AvgIpc) is 2.58. The maximum atomic E-state index is 11.9. The van der Waals surface area contributed by atoms with Crippen molar-refractivity contribution in [3.05, 3.63) is 35.9 Å². The fraction of sp³-hybridized carbons (Fsp3) is 0.308. The molecule has 0 aromatic heterocycles. The maximum absolute atomic E-state index is 11.9. The number of nitrogens with zero attached hydrogens (tertiary/aromatic N) is 1. The van der Waals surface area contributed by atoms with Crippen LogP contribution in [0.4, 0.5) is 0 Å². The fourth-order valence-corrected chi connectivity index (χ4v) is 1.97. The van der Waals surface area contributed by atoms with Gasteiger partial charge in [0.1, 0.15) is 6.04 Å². The van der Waals surface area contributed by atoms with Crippen LogP contribution in [-0.4, -0.2) is 28.7 Å². The molecule has 1 aliphatic rings. The molecule has 1 N–H and O–H groups in total. The summed E-state index contributed by atoms with van der Waals surface area (Å²) in [6, 6.07) is 8.58. The first kappa shape index (κ1) is 12.3. The molecule has 1 heterocycles. The van der Waals surface area contributed by atoms with Crippen molar-refractivity contribution >= 4 is 17.7 Å². The Morgan fingerprint density at radius 1 is 1.33 bits per heavy atom. The number of hydrogen-bond donors (Lipinski definition) is 1. The molecular formula is C13H14N2O3. The molecule has 3 amide bonds. The molecule has 2 rings (SSSR count). The van der Waals surface area contributed by atoms with E-state index in [-0.39, 0.29) is 30.7 Å². The number of nitrogens with one attached hydrogen (secondary N) is 1. The standard InChI is InChI=1S/C13H14N2O3/c1-9(16)14-11-7-12(17)15(13(11)18)8-10-5-3-2-4-6-10/h2-6,11H,7-8H2,1H3,(H,14,16). The Bertz CT molecular complexity index is 484. The summed E-state index contributed by atoms with van der Waals surface area (Å²) in [6.45, 7) is 1.59. The summed E-state index contributed by atoms with van der Waals surface area (Å²) in [5, 5.41) is 2.49. The van der Waals surface area contributed by atoms with Crippen molar-refractivity contribution in [3.8, 4) is 0 Å². The van der Waals surface area contributed by atoms with Crippen LogP contribution in [0.3, 0.4) is 0 Å². The van der Waals surface area contributed by atoms with E-state index in [1.165, 1.54) is 11.8 Å². The van der Waals surface area contributed by atoms with E-state index in [1.807, 2.05) is 30.3 Å². The number of imide groups is 1. The summed E-state index contributed by atoms with van der Waals surface area (Å²) in [5.74, 6) is -0.885. The molecule has 1 unspecified atom stereocenters. The zero-order valence-corrected chi connectivity index (χ0v) is 10.1. The third-order valence-electron chi connectivity index (χ3n) is 2.80. The van der Waals surface area contributed by atoms with Gasteiger partial charge in [-0.05, 0) is 5.56 Å². The van der Waals surface area contributed by atoms with Gasteiger partial charge < -0.3 is 5.32 Å². The van der Waals surface area contributed by atoms with Gasteiger partial charge in [-0.25, -0.2) is 0 Å². The van der Waals surface area contributed by atoms with Gasteiger partial charge in [-0.1, -0.05) is 30.3 Å². The van der Waals surface area contributed by atoms with Gasteiger partial charge in [0.25, 0.3) is 5.91 Å². The van der Waals surface area contributed by atoms with Crippen molar-refractivity contribution in [2.24, 2.45) is 0 Å². The molecule has 5 nitrogen and oxygen atoms in total. The van der Waals surface area contributed by atoms with E-state index in [2.05, 4.69) is 5.32 Å². The zero-order chi connectivity index (χ0) is 13.1. The number of hydrogen-bond acceptors (Lipinski definition) is 3. The second kappa shape index (κ2) is 5.00. The third kappa shape index (κ3) is 2.56. The Morgan fingerprint density at radius 3 is 2.61 bits per heavy atom. The monoisotopic (exact) mass is 246 g/mol. The highest BCUT2D eigenvalue weighted by molar-refractivity contribution is 6.06. The molecule has 1 atom stereocenters. The number of carbonyl (C=O) groups is 3. The van der Waals surface area contributed by atoms with E-state index in [1.54, 1.807) is 0 Å². The second-order valence-corrected chi connectivity index (χ2v) is 4.26. The highest BCUT2D eigenvalue weighted by Gasteiger charge is 2.38. The first-order valence-electron chi connectivity index (χ1n) is 5.73. The summed E-state index contributed by atoms with van der Waals surface area (Å²) in [5.41, 5.74) is 0.891. The Balaban J connectivity index is 2.08. The van der Waals surface area contributed by atoms with Crippen LogP contribution in [0.5, 0.6) is 0 Å². The molecule has 1 aromatic carbocycles. The molecule has 0 aliphatic carbocycles. The quantitative estimate of drug-likeness (QED) is 0.787. The zero-order valence-electron chi connectivity index (χ0n) is 10.1. The van der Waals surface area contributed by atoms with Crippen LogP contribution in [0, 0.1) is 0 Å². The minimum Gasteiger partial charge on any atom is -0.344 e. The van der Waals surface area contributed by atoms with E-state index in [0.29, 0.717) is 0 Å². The fourth-order valence-electron chi connectivity index (χ4n) is 1.97. The van der Waals surface area contributed by atoms with Crippen LogP contribution in [0.15, 0.2) is 30.3 Å². The van der Waals surface area contributed by atoms with Gasteiger partial charge in [0.15, 0.2) is 0 Å². The van der Waals surface area contributed by atoms with Crippen molar-refractivity contribution in [2.75, 3.05) is 0 Å². The highest BCUT2D eigenvalue weighted by atomic mass is 16.2. The minimum absolute atomic E-state index is 0.0469. The largest absolute Gasteiger partial charge is 0.344 e. The van der Waals surface area contributed by atoms with Gasteiger partial charge in [0.05, 0.1) is 13.0 Å². The lowest BCUT2D eigenvalue weighted by molar-refractivity contribution is -0.140. The normalized spacial score (nSPS) is 19.2. The second-order valence-electron chi connectivity index (χ2n) is 4.26. The van der Waals surface area contributed by atoms with E-state index >= 15 is 0 Å². The smallest absolute Gasteiger partial charge is 0.252 e. The Hall–Kier alpha value is -2.17. The molecule has 1 saturated heterocycles. The van der Waals surface area contributed by atoms with E-state index in [9.17, 15) is 14.4 Å². The Labute approximate surface area is 105 Å². The number of rotatable bonds is 3. The highest BCUT2D eigenvalue weighted by Crippen LogP contribution is 2.16. The lowest BCUT2D eigenvalue weighted by Gasteiger charge is -2.15. The molecule has 0 saturated carbocycles. The number of carbonyl (C=O) groups excluding carboxylic acids is 3. The molecule has 1 aromatic rings. The van der Waals surface area contributed by atoms with Gasteiger partial charge >= 0.3 is 0 Å². The predicted molar refractivity (Wildman–Crippen MR) is 64.2 cm³/mol. The summed E-state index contributed by atoms with van der Waals surface area (Å²) in [7, 11) is 0. The lowest BCUT2D eigenvalue weighted by atomic mass is 10.2. The summed E-state index contributed by atoms with van der Waals surface area (Å²) >= 11 is 0. The number of amides is 3.